The van der Waals surface area contributed by atoms with E-state index in [9.17, 15) is 0 Å². The third kappa shape index (κ3) is 4.70. The first-order valence-corrected chi connectivity index (χ1v) is 14.0. The van der Waals surface area contributed by atoms with Gasteiger partial charge in [-0.1, -0.05) is 18.2 Å². The van der Waals surface area contributed by atoms with E-state index in [4.69, 9.17) is 21.9 Å². The number of rotatable bonds is 5. The van der Waals surface area contributed by atoms with Gasteiger partial charge in [-0.15, -0.1) is 0 Å². The van der Waals surface area contributed by atoms with Crippen molar-refractivity contribution in [1.29, 1.82) is 0 Å². The van der Waals surface area contributed by atoms with Crippen LogP contribution >= 0.6 is 12.2 Å². The number of ether oxygens (including phenoxy) is 1. The fourth-order valence-corrected chi connectivity index (χ4v) is 6.36. The zero-order valence-corrected chi connectivity index (χ0v) is 23.8. The Hall–Kier alpha value is -3.68. The predicted molar refractivity (Wildman–Crippen MR) is 162 cm³/mol. The first-order valence-electron chi connectivity index (χ1n) is 13.6. The van der Waals surface area contributed by atoms with Gasteiger partial charge >= 0.3 is 0 Å². The van der Waals surface area contributed by atoms with Gasteiger partial charge in [0.2, 0.25) is 0 Å². The Bertz CT molecular complexity index is 1490. The summed E-state index contributed by atoms with van der Waals surface area (Å²) in [6.07, 6.45) is 1.86. The Labute approximate surface area is 236 Å². The lowest BCUT2D eigenvalue weighted by Gasteiger charge is -2.31. The van der Waals surface area contributed by atoms with E-state index in [0.29, 0.717) is 5.11 Å². The second-order valence-electron chi connectivity index (χ2n) is 10.6. The average molecular weight is 538 g/mol. The van der Waals surface area contributed by atoms with Crippen molar-refractivity contribution < 1.29 is 4.74 Å². The molecule has 200 valence electrons. The van der Waals surface area contributed by atoms with Crippen LogP contribution in [-0.4, -0.2) is 41.0 Å². The Morgan fingerprint density at radius 3 is 2.36 bits per heavy atom. The van der Waals surface area contributed by atoms with Crippen LogP contribution in [0.1, 0.15) is 45.9 Å². The van der Waals surface area contributed by atoms with E-state index < -0.39 is 0 Å². The maximum Gasteiger partial charge on any atom is 0.174 e. The largest absolute Gasteiger partial charge is 0.378 e. The quantitative estimate of drug-likeness (QED) is 0.310. The van der Waals surface area contributed by atoms with Crippen molar-refractivity contribution in [2.75, 3.05) is 36.1 Å². The molecule has 2 aliphatic rings. The zero-order chi connectivity index (χ0) is 27.1. The number of hydrogen-bond donors (Lipinski definition) is 1. The molecule has 2 atom stereocenters. The summed E-state index contributed by atoms with van der Waals surface area (Å²) >= 11 is 6.00. The summed E-state index contributed by atoms with van der Waals surface area (Å²) in [4.78, 5) is 9.39. The monoisotopic (exact) mass is 537 g/mol. The molecule has 0 bridgehead atoms. The maximum absolute atomic E-state index is 6.00. The molecule has 2 aromatic heterocycles. The van der Waals surface area contributed by atoms with Gasteiger partial charge in [0.25, 0.3) is 0 Å². The zero-order valence-electron chi connectivity index (χ0n) is 23.0. The highest BCUT2D eigenvalue weighted by Gasteiger charge is 2.42. The number of nitrogens with zero attached hydrogens (tertiary/aromatic N) is 4. The smallest absolute Gasteiger partial charge is 0.174 e. The standard InChI is InChI=1S/C32H35N5OS/c1-21-8-9-22(2)29(19-21)36-23(3)20-27(24(36)4)31-30(28-7-5-6-14-33-28)34-32(39)37(31)26-12-10-25(11-13-26)35-15-17-38-18-16-35/h5-14,19-20,30-31H,15-18H2,1-4H3,(H,34,39)/t30-,31-/m1/s1. The minimum Gasteiger partial charge on any atom is -0.378 e. The van der Waals surface area contributed by atoms with E-state index in [-0.39, 0.29) is 12.1 Å². The molecule has 7 heteroatoms. The van der Waals surface area contributed by atoms with Gasteiger partial charge in [-0.3, -0.25) is 4.98 Å². The van der Waals surface area contributed by atoms with Crippen molar-refractivity contribution in [2.24, 2.45) is 0 Å². The molecule has 6 rings (SSSR count). The lowest BCUT2D eigenvalue weighted by Crippen LogP contribution is -2.36. The highest BCUT2D eigenvalue weighted by atomic mass is 32.1. The van der Waals surface area contributed by atoms with Gasteiger partial charge in [0.05, 0.1) is 31.0 Å². The van der Waals surface area contributed by atoms with Crippen LogP contribution in [0.3, 0.4) is 0 Å². The van der Waals surface area contributed by atoms with Crippen molar-refractivity contribution in [2.45, 2.75) is 39.8 Å². The second-order valence-corrected chi connectivity index (χ2v) is 11.0. The maximum atomic E-state index is 6.00. The summed E-state index contributed by atoms with van der Waals surface area (Å²) in [5.74, 6) is 0. The number of aromatic nitrogens is 2. The van der Waals surface area contributed by atoms with Crippen LogP contribution in [0.5, 0.6) is 0 Å². The molecule has 0 amide bonds. The van der Waals surface area contributed by atoms with Gasteiger partial charge in [0.15, 0.2) is 5.11 Å². The van der Waals surface area contributed by atoms with Gasteiger partial charge in [-0.05, 0) is 105 Å². The third-order valence-electron chi connectivity index (χ3n) is 8.00. The molecule has 0 spiro atoms. The molecule has 39 heavy (non-hydrogen) atoms. The summed E-state index contributed by atoms with van der Waals surface area (Å²) in [5, 5.41) is 4.33. The van der Waals surface area contributed by atoms with Crippen molar-refractivity contribution in [1.82, 2.24) is 14.9 Å². The minimum absolute atomic E-state index is 0.0494. The first-order chi connectivity index (χ1) is 18.9. The number of aryl methyl sites for hydroxylation is 3. The van der Waals surface area contributed by atoms with Gasteiger partial charge < -0.3 is 24.4 Å². The van der Waals surface area contributed by atoms with E-state index in [1.165, 1.54) is 39.5 Å². The third-order valence-corrected chi connectivity index (χ3v) is 8.31. The topological polar surface area (TPSA) is 45.6 Å². The fraction of sp³-hybridized carbons (Fsp3) is 0.312. The van der Waals surface area contributed by atoms with Crippen molar-refractivity contribution in [3.8, 4) is 5.69 Å². The molecule has 6 nitrogen and oxygen atoms in total. The SMILES string of the molecule is Cc1ccc(C)c(-n2c(C)cc([C@@H]3[C@@H](c4ccccn4)NC(=S)N3c3ccc(N4CCOCC4)cc3)c2C)c1. The van der Waals surface area contributed by atoms with Gasteiger partial charge in [-0.2, -0.15) is 0 Å². The lowest BCUT2D eigenvalue weighted by atomic mass is 9.96. The van der Waals surface area contributed by atoms with Crippen LogP contribution in [0, 0.1) is 27.7 Å². The second kappa shape index (κ2) is 10.5. The molecule has 0 unspecified atom stereocenters. The Balaban J connectivity index is 1.45. The molecule has 2 fully saturated rings. The van der Waals surface area contributed by atoms with Crippen molar-refractivity contribution in [3.05, 3.63) is 107 Å². The molecule has 4 aromatic rings. The van der Waals surface area contributed by atoms with Crippen molar-refractivity contribution >= 4 is 28.7 Å². The number of pyridine rings is 1. The number of anilines is 2. The van der Waals surface area contributed by atoms with E-state index in [1.54, 1.807) is 0 Å². The Kier molecular flexibility index (Phi) is 6.87. The molecule has 2 aromatic carbocycles. The van der Waals surface area contributed by atoms with E-state index in [2.05, 4.69) is 102 Å². The first kappa shape index (κ1) is 25.6. The summed E-state index contributed by atoms with van der Waals surface area (Å²) in [6.45, 7) is 12.1. The molecule has 2 aliphatic heterocycles. The lowest BCUT2D eigenvalue weighted by molar-refractivity contribution is 0.122. The normalized spacial score (nSPS) is 19.4. The molecular formula is C32H35N5OS. The molecule has 1 N–H and O–H groups in total. The van der Waals surface area contributed by atoms with E-state index >= 15 is 0 Å². The number of morpholine rings is 1. The summed E-state index contributed by atoms with van der Waals surface area (Å²) in [6, 6.07) is 23.7. The van der Waals surface area contributed by atoms with Crippen LogP contribution in [-0.2, 0) is 4.74 Å². The Morgan fingerprint density at radius 2 is 1.64 bits per heavy atom. The van der Waals surface area contributed by atoms with Crippen molar-refractivity contribution in [3.63, 3.8) is 0 Å². The number of hydrogen-bond acceptors (Lipinski definition) is 4. The molecule has 0 radical (unpaired) electrons. The van der Waals surface area contributed by atoms with Crippen LogP contribution < -0.4 is 15.1 Å². The van der Waals surface area contributed by atoms with E-state index in [0.717, 1.165) is 37.7 Å². The minimum atomic E-state index is -0.0785. The molecule has 4 heterocycles. The molecule has 0 saturated carbocycles. The molecule has 0 aliphatic carbocycles. The molecular weight excluding hydrogens is 502 g/mol. The highest BCUT2D eigenvalue weighted by Crippen LogP contribution is 2.44. The summed E-state index contributed by atoms with van der Waals surface area (Å²) in [5.41, 5.74) is 10.7. The summed E-state index contributed by atoms with van der Waals surface area (Å²) < 4.78 is 7.93. The number of benzene rings is 2. The average Bonchev–Trinajstić information content (AvgIpc) is 3.45. The molecule has 2 saturated heterocycles. The highest BCUT2D eigenvalue weighted by molar-refractivity contribution is 7.80. The number of nitrogens with one attached hydrogen (secondary N) is 1. The van der Waals surface area contributed by atoms with Gasteiger partial charge in [-0.25, -0.2) is 0 Å². The summed E-state index contributed by atoms with van der Waals surface area (Å²) in [7, 11) is 0. The van der Waals surface area contributed by atoms with Crippen LogP contribution in [0.2, 0.25) is 0 Å². The van der Waals surface area contributed by atoms with Crippen LogP contribution in [0.15, 0.2) is 72.9 Å². The van der Waals surface area contributed by atoms with Crippen LogP contribution in [0.25, 0.3) is 5.69 Å². The van der Waals surface area contributed by atoms with E-state index in [1.807, 2.05) is 18.3 Å². The fourth-order valence-electron chi connectivity index (χ4n) is 6.01. The van der Waals surface area contributed by atoms with Crippen LogP contribution in [0.4, 0.5) is 11.4 Å². The number of thiocarbonyl (C=S) groups is 1. The predicted octanol–water partition coefficient (Wildman–Crippen LogP) is 6.12. The van der Waals surface area contributed by atoms with Gasteiger partial charge in [0, 0.05) is 47.7 Å². The van der Waals surface area contributed by atoms with Gasteiger partial charge in [0.1, 0.15) is 0 Å². The Morgan fingerprint density at radius 1 is 0.897 bits per heavy atom.